The maximum absolute atomic E-state index is 12.0. The lowest BCUT2D eigenvalue weighted by Gasteiger charge is -2.48. The van der Waals surface area contributed by atoms with Crippen LogP contribution in [0.1, 0.15) is 61.4 Å². The normalized spacial score (nSPS) is 23.4. The Balaban J connectivity index is 1.17. The minimum absolute atomic E-state index is 0.000678. The first-order valence-corrected chi connectivity index (χ1v) is 19.0. The minimum Gasteiger partial charge on any atom is -0.389 e. The van der Waals surface area contributed by atoms with Gasteiger partial charge in [0, 0.05) is 101 Å². The summed E-state index contributed by atoms with van der Waals surface area (Å²) < 4.78 is 11.3. The number of hydrogen-bond donors (Lipinski definition) is 1. The van der Waals surface area contributed by atoms with Crippen molar-refractivity contribution in [2.24, 2.45) is 0 Å². The van der Waals surface area contributed by atoms with Crippen molar-refractivity contribution in [1.82, 2.24) is 34.8 Å². The van der Waals surface area contributed by atoms with Crippen LogP contribution in [0.15, 0.2) is 23.2 Å². The number of fused-ring (bicyclic) bond motifs is 1. The van der Waals surface area contributed by atoms with E-state index in [-0.39, 0.29) is 11.9 Å². The SMILES string of the molecule is C=CC(=O)N1CC(N2CCN(c3cc(-c4noc([C@@]5(C)CCCc6sc(N)c(C#N)c65)n4)nc(N4CCCN(CCCOC)C[C@@H]4C)n3)CC2)C1. The number of piperazine rings is 1. The van der Waals surface area contributed by atoms with Crippen LogP contribution in [0.5, 0.6) is 0 Å². The molecule has 15 heteroatoms. The molecule has 0 saturated carbocycles. The summed E-state index contributed by atoms with van der Waals surface area (Å²) in [5.74, 6) is 2.40. The molecule has 272 valence electrons. The van der Waals surface area contributed by atoms with Gasteiger partial charge in [-0.3, -0.25) is 9.69 Å². The lowest BCUT2D eigenvalue weighted by atomic mass is 9.72. The van der Waals surface area contributed by atoms with Gasteiger partial charge in [-0.25, -0.2) is 4.98 Å². The Hall–Kier alpha value is -4.10. The minimum atomic E-state index is -0.619. The number of likely N-dealkylation sites (tertiary alicyclic amines) is 1. The zero-order valence-corrected chi connectivity index (χ0v) is 30.8. The molecular formula is C36H49N11O3S. The first-order valence-electron chi connectivity index (χ1n) is 18.2. The van der Waals surface area contributed by atoms with Crippen LogP contribution in [-0.4, -0.2) is 132 Å². The predicted molar refractivity (Wildman–Crippen MR) is 197 cm³/mol. The lowest BCUT2D eigenvalue weighted by molar-refractivity contribution is -0.133. The summed E-state index contributed by atoms with van der Waals surface area (Å²) in [7, 11) is 1.75. The molecule has 3 fully saturated rings. The Kier molecular flexibility index (Phi) is 10.3. The maximum atomic E-state index is 12.0. The van der Waals surface area contributed by atoms with Gasteiger partial charge in [0.15, 0.2) is 0 Å². The zero-order chi connectivity index (χ0) is 35.7. The largest absolute Gasteiger partial charge is 0.389 e. The average molecular weight is 716 g/mol. The summed E-state index contributed by atoms with van der Waals surface area (Å²) >= 11 is 1.49. The Morgan fingerprint density at radius 1 is 1.18 bits per heavy atom. The Bertz CT molecular complexity index is 1770. The monoisotopic (exact) mass is 715 g/mol. The summed E-state index contributed by atoms with van der Waals surface area (Å²) in [6.07, 6.45) is 6.01. The van der Waals surface area contributed by atoms with Gasteiger partial charge in [0.05, 0.1) is 11.0 Å². The van der Waals surface area contributed by atoms with Gasteiger partial charge in [0.25, 0.3) is 0 Å². The van der Waals surface area contributed by atoms with E-state index in [4.69, 9.17) is 29.9 Å². The van der Waals surface area contributed by atoms with Crippen LogP contribution in [0.3, 0.4) is 0 Å². The van der Waals surface area contributed by atoms with E-state index >= 15 is 0 Å². The van der Waals surface area contributed by atoms with Crippen molar-refractivity contribution in [1.29, 1.82) is 5.26 Å². The number of ether oxygens (including phenoxy) is 1. The van der Waals surface area contributed by atoms with Gasteiger partial charge in [0.2, 0.25) is 23.6 Å². The number of aromatic nitrogens is 4. The summed E-state index contributed by atoms with van der Waals surface area (Å²) in [5.41, 5.74) is 7.74. The molecule has 0 aromatic carbocycles. The highest BCUT2D eigenvalue weighted by Gasteiger charge is 2.43. The standard InChI is InChI=1S/C36H49N11O3S/c1-5-30(48)46-22-25(23-46)44-14-16-45(17-15-44)29-19-27(39-35(40-29)47-13-7-11-43(21-24(47)2)12-8-18-49-4)33-41-34(50-42-33)36(3)10-6-9-28-31(36)26(20-37)32(38)51-28/h5,19,24-25H,1,6-18,21-23,38H2,2-4H3/t24-,36-/m0/s1. The van der Waals surface area contributed by atoms with E-state index in [0.29, 0.717) is 40.0 Å². The molecule has 0 bridgehead atoms. The second-order valence-electron chi connectivity index (χ2n) is 14.4. The summed E-state index contributed by atoms with van der Waals surface area (Å²) in [6, 6.07) is 4.89. The molecule has 2 N–H and O–H groups in total. The average Bonchev–Trinajstić information content (AvgIpc) is 3.70. The number of rotatable bonds is 10. The van der Waals surface area contributed by atoms with Gasteiger partial charge in [-0.2, -0.15) is 15.2 Å². The van der Waals surface area contributed by atoms with E-state index < -0.39 is 5.41 Å². The third-order valence-electron chi connectivity index (χ3n) is 11.1. The molecule has 14 nitrogen and oxygen atoms in total. The molecule has 7 rings (SSSR count). The quantitative estimate of drug-likeness (QED) is 0.242. The van der Waals surface area contributed by atoms with E-state index in [9.17, 15) is 10.1 Å². The molecule has 4 aliphatic rings. The molecule has 3 aromatic heterocycles. The number of thiophene rings is 1. The fraction of sp³-hybridized carbons (Fsp3) is 0.611. The maximum Gasteiger partial charge on any atom is 0.246 e. The van der Waals surface area contributed by atoms with Crippen molar-refractivity contribution >= 4 is 34.0 Å². The van der Waals surface area contributed by atoms with Gasteiger partial charge in [0.1, 0.15) is 22.6 Å². The molecule has 51 heavy (non-hydrogen) atoms. The second-order valence-corrected chi connectivity index (χ2v) is 15.6. The first-order chi connectivity index (χ1) is 24.7. The Morgan fingerprint density at radius 2 is 1.98 bits per heavy atom. The number of hydrogen-bond acceptors (Lipinski definition) is 14. The number of amides is 1. The molecular weight excluding hydrogens is 667 g/mol. The molecule has 1 amide bonds. The smallest absolute Gasteiger partial charge is 0.246 e. The number of aryl methyl sites for hydroxylation is 1. The number of methoxy groups -OCH3 is 1. The number of nitriles is 1. The second kappa shape index (κ2) is 14.9. The first kappa shape index (κ1) is 35.3. The number of anilines is 3. The van der Waals surface area contributed by atoms with Crippen LogP contribution in [0, 0.1) is 11.3 Å². The van der Waals surface area contributed by atoms with Gasteiger partial charge >= 0.3 is 0 Å². The van der Waals surface area contributed by atoms with E-state index in [1.165, 1.54) is 17.4 Å². The highest BCUT2D eigenvalue weighted by atomic mass is 32.1. The molecule has 3 saturated heterocycles. The van der Waals surface area contributed by atoms with Gasteiger partial charge in [-0.05, 0) is 58.6 Å². The highest BCUT2D eigenvalue weighted by molar-refractivity contribution is 7.16. The molecule has 6 heterocycles. The summed E-state index contributed by atoms with van der Waals surface area (Å²) in [6.45, 7) is 17.3. The molecule has 0 unspecified atom stereocenters. The number of carbonyl (C=O) groups is 1. The van der Waals surface area contributed by atoms with Crippen molar-refractivity contribution in [2.45, 2.75) is 63.5 Å². The van der Waals surface area contributed by atoms with Crippen molar-refractivity contribution < 1.29 is 14.1 Å². The molecule has 0 spiro atoms. The number of nitrogen functional groups attached to an aromatic ring is 1. The third kappa shape index (κ3) is 6.94. The van der Waals surface area contributed by atoms with Crippen LogP contribution in [-0.2, 0) is 21.4 Å². The van der Waals surface area contributed by atoms with E-state index in [1.54, 1.807) is 7.11 Å². The lowest BCUT2D eigenvalue weighted by Crippen LogP contribution is -2.64. The molecule has 1 aliphatic carbocycles. The van der Waals surface area contributed by atoms with Crippen LogP contribution < -0.4 is 15.5 Å². The fourth-order valence-electron chi connectivity index (χ4n) is 8.18. The van der Waals surface area contributed by atoms with Crippen molar-refractivity contribution in [3.05, 3.63) is 40.6 Å². The number of nitrogens with zero attached hydrogens (tertiary/aromatic N) is 10. The van der Waals surface area contributed by atoms with Crippen LogP contribution >= 0.6 is 11.3 Å². The van der Waals surface area contributed by atoms with E-state index in [2.05, 4.69) is 51.3 Å². The van der Waals surface area contributed by atoms with Gasteiger partial charge in [-0.1, -0.05) is 11.7 Å². The number of nitrogens with two attached hydrogens (primary N) is 1. The van der Waals surface area contributed by atoms with Crippen LogP contribution in [0.25, 0.3) is 11.5 Å². The Labute approximate surface area is 303 Å². The topological polar surface area (TPSA) is 157 Å². The van der Waals surface area contributed by atoms with Gasteiger partial charge in [-0.15, -0.1) is 11.3 Å². The highest BCUT2D eigenvalue weighted by Crippen LogP contribution is 2.48. The van der Waals surface area contributed by atoms with Crippen LogP contribution in [0.2, 0.25) is 0 Å². The van der Waals surface area contributed by atoms with E-state index in [0.717, 1.165) is 120 Å². The third-order valence-corrected chi connectivity index (χ3v) is 12.2. The Morgan fingerprint density at radius 3 is 2.73 bits per heavy atom. The fourth-order valence-corrected chi connectivity index (χ4v) is 9.37. The van der Waals surface area contributed by atoms with Crippen molar-refractivity contribution in [3.8, 4) is 17.6 Å². The summed E-state index contributed by atoms with van der Waals surface area (Å²) in [4.78, 5) is 39.9. The van der Waals surface area contributed by atoms with E-state index in [1.807, 2.05) is 11.0 Å². The van der Waals surface area contributed by atoms with Gasteiger partial charge < -0.3 is 34.6 Å². The number of carbonyl (C=O) groups excluding carboxylic acids is 1. The molecule has 0 radical (unpaired) electrons. The molecule has 2 atom stereocenters. The van der Waals surface area contributed by atoms with Crippen molar-refractivity contribution in [3.63, 3.8) is 0 Å². The summed E-state index contributed by atoms with van der Waals surface area (Å²) in [5, 5.41) is 15.0. The molecule has 3 aliphatic heterocycles. The zero-order valence-electron chi connectivity index (χ0n) is 30.0. The van der Waals surface area contributed by atoms with Crippen LogP contribution in [0.4, 0.5) is 16.8 Å². The predicted octanol–water partition coefficient (Wildman–Crippen LogP) is 3.14. The van der Waals surface area contributed by atoms with Crippen molar-refractivity contribution in [2.75, 3.05) is 94.7 Å². The molecule has 3 aromatic rings.